The van der Waals surface area contributed by atoms with Gasteiger partial charge in [-0.2, -0.15) is 26.3 Å². The fourth-order valence-electron chi connectivity index (χ4n) is 1.69. The van der Waals surface area contributed by atoms with Crippen LogP contribution in [0.3, 0.4) is 0 Å². The van der Waals surface area contributed by atoms with E-state index in [1.807, 2.05) is 0 Å². The number of benzene rings is 1. The van der Waals surface area contributed by atoms with Crippen LogP contribution in [0.1, 0.15) is 6.04 Å². The second-order valence-electron chi connectivity index (χ2n) is 3.63. The normalized spacial score (nSPS) is 13.5. The Kier molecular flexibility index (Phi) is 2.75. The number of fused-ring (bicyclic) bond motifs is 1. The molecule has 1 aromatic heterocycles. The molecule has 0 fully saturated rings. The van der Waals surface area contributed by atoms with Gasteiger partial charge in [0.2, 0.25) is 6.04 Å². The Labute approximate surface area is 96.8 Å². The molecular weight excluding hydrogens is 262 g/mol. The highest BCUT2D eigenvalue weighted by molar-refractivity contribution is 5.75. The number of imidazole rings is 1. The van der Waals surface area contributed by atoms with E-state index < -0.39 is 18.4 Å². The van der Waals surface area contributed by atoms with Gasteiger partial charge in [-0.15, -0.1) is 0 Å². The summed E-state index contributed by atoms with van der Waals surface area (Å²) in [6, 6.07) is 1.75. The monoisotopic (exact) mass is 268 g/mol. The van der Waals surface area contributed by atoms with Crippen LogP contribution in [0.4, 0.5) is 26.3 Å². The van der Waals surface area contributed by atoms with E-state index in [4.69, 9.17) is 0 Å². The molecule has 0 aliphatic rings. The van der Waals surface area contributed by atoms with E-state index in [2.05, 4.69) is 4.98 Å². The quantitative estimate of drug-likeness (QED) is 0.721. The molecule has 0 bridgehead atoms. The van der Waals surface area contributed by atoms with Crippen molar-refractivity contribution in [2.45, 2.75) is 18.4 Å². The van der Waals surface area contributed by atoms with Gasteiger partial charge in [0.1, 0.15) is 0 Å². The number of nitrogens with zero attached hydrogens (tertiary/aromatic N) is 2. The van der Waals surface area contributed by atoms with Gasteiger partial charge in [0.15, 0.2) is 0 Å². The number of rotatable bonds is 1. The summed E-state index contributed by atoms with van der Waals surface area (Å²) < 4.78 is 75.3. The minimum Gasteiger partial charge on any atom is -0.310 e. The molecule has 2 nitrogen and oxygen atoms in total. The third-order valence-electron chi connectivity index (χ3n) is 2.38. The molecule has 2 aromatic rings. The second-order valence-corrected chi connectivity index (χ2v) is 3.63. The molecule has 0 saturated carbocycles. The lowest BCUT2D eigenvalue weighted by Gasteiger charge is -2.24. The van der Waals surface area contributed by atoms with Crippen molar-refractivity contribution >= 4 is 11.0 Å². The first-order chi connectivity index (χ1) is 8.21. The zero-order chi connectivity index (χ0) is 13.6. The van der Waals surface area contributed by atoms with Gasteiger partial charge in [-0.1, -0.05) is 12.1 Å². The summed E-state index contributed by atoms with van der Waals surface area (Å²) in [7, 11) is 0. The number of para-hydroxylation sites is 2. The molecule has 8 heteroatoms. The lowest BCUT2D eigenvalue weighted by Crippen LogP contribution is -2.38. The molecule has 0 amide bonds. The van der Waals surface area contributed by atoms with Crippen LogP contribution in [0.15, 0.2) is 30.6 Å². The van der Waals surface area contributed by atoms with Crippen LogP contribution in [-0.4, -0.2) is 21.9 Å². The summed E-state index contributed by atoms with van der Waals surface area (Å²) in [5.74, 6) is 0. The first-order valence-corrected chi connectivity index (χ1v) is 4.76. The zero-order valence-corrected chi connectivity index (χ0v) is 8.63. The highest BCUT2D eigenvalue weighted by atomic mass is 19.4. The van der Waals surface area contributed by atoms with Gasteiger partial charge in [-0.25, -0.2) is 4.98 Å². The summed E-state index contributed by atoms with van der Waals surface area (Å²) in [5.41, 5.74) is -0.131. The van der Waals surface area contributed by atoms with E-state index >= 15 is 0 Å². The van der Waals surface area contributed by atoms with Gasteiger partial charge < -0.3 is 4.57 Å². The fourth-order valence-corrected chi connectivity index (χ4v) is 1.69. The molecule has 0 unspecified atom stereocenters. The van der Waals surface area contributed by atoms with Crippen molar-refractivity contribution in [3.8, 4) is 0 Å². The predicted octanol–water partition coefficient (Wildman–Crippen LogP) is 3.70. The van der Waals surface area contributed by atoms with Crippen molar-refractivity contribution in [3.63, 3.8) is 0 Å². The molecule has 0 N–H and O–H groups in total. The Bertz CT molecular complexity index is 539. The van der Waals surface area contributed by atoms with E-state index in [0.717, 1.165) is 6.07 Å². The smallest absolute Gasteiger partial charge is 0.310 e. The van der Waals surface area contributed by atoms with E-state index in [1.54, 1.807) is 0 Å². The Morgan fingerprint density at radius 2 is 1.50 bits per heavy atom. The molecule has 0 atom stereocenters. The van der Waals surface area contributed by atoms with Crippen LogP contribution in [0, 0.1) is 0 Å². The lowest BCUT2D eigenvalue weighted by molar-refractivity contribution is -0.273. The average molecular weight is 268 g/mol. The largest absolute Gasteiger partial charge is 0.418 e. The van der Waals surface area contributed by atoms with Crippen LogP contribution < -0.4 is 0 Å². The van der Waals surface area contributed by atoms with E-state index in [1.165, 1.54) is 18.2 Å². The average Bonchev–Trinajstić information content (AvgIpc) is 2.58. The summed E-state index contributed by atoms with van der Waals surface area (Å²) in [6.07, 6.45) is -10.3. The number of hydrogen-bond acceptors (Lipinski definition) is 1. The van der Waals surface area contributed by atoms with Crippen molar-refractivity contribution in [3.05, 3.63) is 30.6 Å². The molecule has 18 heavy (non-hydrogen) atoms. The Morgan fingerprint density at radius 3 is 2.06 bits per heavy atom. The van der Waals surface area contributed by atoms with Gasteiger partial charge in [0.25, 0.3) is 0 Å². The third kappa shape index (κ3) is 2.14. The zero-order valence-electron chi connectivity index (χ0n) is 8.63. The minimum atomic E-state index is -5.43. The van der Waals surface area contributed by atoms with Gasteiger partial charge in [0.05, 0.1) is 17.4 Å². The molecule has 1 heterocycles. The lowest BCUT2D eigenvalue weighted by atomic mass is 10.2. The predicted molar refractivity (Wildman–Crippen MR) is 50.9 cm³/mol. The van der Waals surface area contributed by atoms with E-state index in [0.29, 0.717) is 6.33 Å². The van der Waals surface area contributed by atoms with Crippen LogP contribution in [0.25, 0.3) is 11.0 Å². The topological polar surface area (TPSA) is 17.8 Å². The summed E-state index contributed by atoms with van der Waals surface area (Å²) in [5, 5.41) is 0. The maximum atomic E-state index is 12.5. The Morgan fingerprint density at radius 1 is 0.944 bits per heavy atom. The molecule has 0 aliphatic heterocycles. The van der Waals surface area contributed by atoms with Crippen molar-refractivity contribution in [1.29, 1.82) is 0 Å². The number of alkyl halides is 6. The molecule has 1 aromatic carbocycles. The summed E-state index contributed by atoms with van der Waals surface area (Å²) >= 11 is 0. The maximum Gasteiger partial charge on any atom is 0.418 e. The molecule has 0 spiro atoms. The number of aromatic nitrogens is 2. The standard InChI is InChI=1S/C10H6F6N2/c11-9(12,13)8(10(14,15)16)18-5-17-6-3-1-2-4-7(6)18/h1-5,8H. The highest BCUT2D eigenvalue weighted by Crippen LogP contribution is 2.43. The van der Waals surface area contributed by atoms with Crippen LogP contribution >= 0.6 is 0 Å². The molecule has 0 saturated heterocycles. The fraction of sp³-hybridized carbons (Fsp3) is 0.300. The maximum absolute atomic E-state index is 12.5. The second kappa shape index (κ2) is 3.89. The molecule has 98 valence electrons. The molecule has 0 radical (unpaired) electrons. The number of halogens is 6. The van der Waals surface area contributed by atoms with Crippen molar-refractivity contribution in [1.82, 2.24) is 9.55 Å². The van der Waals surface area contributed by atoms with Crippen molar-refractivity contribution < 1.29 is 26.3 Å². The Hall–Kier alpha value is -1.73. The van der Waals surface area contributed by atoms with Crippen LogP contribution in [-0.2, 0) is 0 Å². The van der Waals surface area contributed by atoms with Crippen LogP contribution in [0.2, 0.25) is 0 Å². The molecule has 2 rings (SSSR count). The number of hydrogen-bond donors (Lipinski definition) is 0. The van der Waals surface area contributed by atoms with E-state index in [9.17, 15) is 26.3 Å². The van der Waals surface area contributed by atoms with Gasteiger partial charge in [0, 0.05) is 0 Å². The molecule has 0 aliphatic carbocycles. The van der Waals surface area contributed by atoms with Crippen molar-refractivity contribution in [2.24, 2.45) is 0 Å². The van der Waals surface area contributed by atoms with Crippen molar-refractivity contribution in [2.75, 3.05) is 0 Å². The molecular formula is C10H6F6N2. The Balaban J connectivity index is 2.63. The van der Waals surface area contributed by atoms with Gasteiger partial charge in [-0.05, 0) is 12.1 Å². The van der Waals surface area contributed by atoms with Gasteiger partial charge in [-0.3, -0.25) is 0 Å². The van der Waals surface area contributed by atoms with Gasteiger partial charge >= 0.3 is 12.4 Å². The highest BCUT2D eigenvalue weighted by Gasteiger charge is 2.58. The summed E-state index contributed by atoms with van der Waals surface area (Å²) in [6.45, 7) is 0. The third-order valence-corrected chi connectivity index (χ3v) is 2.38. The first kappa shape index (κ1) is 12.7. The minimum absolute atomic E-state index is 0.0796. The first-order valence-electron chi connectivity index (χ1n) is 4.76. The summed E-state index contributed by atoms with van der Waals surface area (Å²) in [4.78, 5) is 3.53. The SMILES string of the molecule is FC(F)(F)C(n1cnc2ccccc21)C(F)(F)F. The van der Waals surface area contributed by atoms with Crippen LogP contribution in [0.5, 0.6) is 0 Å². The van der Waals surface area contributed by atoms with E-state index in [-0.39, 0.29) is 15.6 Å².